The Bertz CT molecular complexity index is 247. The van der Waals surface area contributed by atoms with Crippen LogP contribution in [0.3, 0.4) is 0 Å². The second kappa shape index (κ2) is 8.88. The summed E-state index contributed by atoms with van der Waals surface area (Å²) in [6, 6.07) is 0. The van der Waals surface area contributed by atoms with E-state index in [1.807, 2.05) is 6.92 Å². The molecular formula is C11H18O5. The lowest BCUT2D eigenvalue weighted by Crippen LogP contribution is -2.11. The van der Waals surface area contributed by atoms with Crippen molar-refractivity contribution in [2.75, 3.05) is 6.61 Å². The normalized spacial score (nSPS) is 9.62. The molecule has 0 aliphatic carbocycles. The topological polar surface area (TPSA) is 69.7 Å². The van der Waals surface area contributed by atoms with Gasteiger partial charge in [0.05, 0.1) is 6.61 Å². The molecule has 0 radical (unpaired) electrons. The van der Waals surface area contributed by atoms with Crippen molar-refractivity contribution < 1.29 is 23.9 Å². The van der Waals surface area contributed by atoms with Gasteiger partial charge < -0.3 is 9.47 Å². The van der Waals surface area contributed by atoms with Crippen molar-refractivity contribution in [3.05, 3.63) is 0 Å². The quantitative estimate of drug-likeness (QED) is 0.377. The fraction of sp³-hybridized carbons (Fsp3) is 0.727. The number of hydrogen-bond acceptors (Lipinski definition) is 5. The summed E-state index contributed by atoms with van der Waals surface area (Å²) in [5.41, 5.74) is 0. The maximum Gasteiger partial charge on any atom is 0.313 e. The number of esters is 3. The molecule has 0 bridgehead atoms. The van der Waals surface area contributed by atoms with Crippen LogP contribution in [-0.2, 0) is 23.9 Å². The van der Waals surface area contributed by atoms with Crippen molar-refractivity contribution in [1.29, 1.82) is 0 Å². The average Bonchev–Trinajstić information content (AvgIpc) is 2.20. The molecule has 0 unspecified atom stereocenters. The molecule has 0 aliphatic rings. The zero-order valence-electron chi connectivity index (χ0n) is 9.78. The predicted octanol–water partition coefficient (Wildman–Crippen LogP) is 1.59. The van der Waals surface area contributed by atoms with Crippen molar-refractivity contribution in [1.82, 2.24) is 0 Å². The first-order valence-corrected chi connectivity index (χ1v) is 5.43. The molecule has 0 aliphatic heterocycles. The van der Waals surface area contributed by atoms with E-state index < -0.39 is 11.9 Å². The predicted molar refractivity (Wildman–Crippen MR) is 56.5 cm³/mol. The molecular weight excluding hydrogens is 212 g/mol. The van der Waals surface area contributed by atoms with E-state index in [0.29, 0.717) is 12.8 Å². The highest BCUT2D eigenvalue weighted by molar-refractivity contribution is 5.83. The summed E-state index contributed by atoms with van der Waals surface area (Å²) in [4.78, 5) is 32.3. The van der Waals surface area contributed by atoms with E-state index in [9.17, 15) is 14.4 Å². The molecule has 0 aromatic heterocycles. The Morgan fingerprint density at radius 2 is 1.62 bits per heavy atom. The number of rotatable bonds is 7. The fourth-order valence-electron chi connectivity index (χ4n) is 1.01. The second-order valence-corrected chi connectivity index (χ2v) is 3.39. The monoisotopic (exact) mass is 230 g/mol. The Labute approximate surface area is 95.1 Å². The molecule has 0 fully saturated rings. The lowest BCUT2D eigenvalue weighted by atomic mass is 10.2. The number of carbonyl (C=O) groups is 3. The van der Waals surface area contributed by atoms with Gasteiger partial charge in [0.2, 0.25) is 0 Å². The lowest BCUT2D eigenvalue weighted by molar-refractivity contribution is -0.159. The summed E-state index contributed by atoms with van der Waals surface area (Å²) in [7, 11) is 0. The molecule has 5 heteroatoms. The van der Waals surface area contributed by atoms with Gasteiger partial charge in [-0.25, -0.2) is 0 Å². The smallest absolute Gasteiger partial charge is 0.313 e. The van der Waals surface area contributed by atoms with Crippen LogP contribution in [0.2, 0.25) is 0 Å². The first-order valence-electron chi connectivity index (χ1n) is 5.43. The van der Waals surface area contributed by atoms with Crippen molar-refractivity contribution in [3.8, 4) is 0 Å². The summed E-state index contributed by atoms with van der Waals surface area (Å²) in [6.45, 7) is 3.35. The van der Waals surface area contributed by atoms with Crippen molar-refractivity contribution >= 4 is 17.9 Å². The summed E-state index contributed by atoms with van der Waals surface area (Å²) in [5.74, 6) is -1.45. The molecule has 5 nitrogen and oxygen atoms in total. The molecule has 0 spiro atoms. The zero-order chi connectivity index (χ0) is 12.4. The van der Waals surface area contributed by atoms with Gasteiger partial charge in [0, 0.05) is 19.8 Å². The van der Waals surface area contributed by atoms with Crippen LogP contribution in [0.5, 0.6) is 0 Å². The van der Waals surface area contributed by atoms with Gasteiger partial charge in [0.15, 0.2) is 0 Å². The first kappa shape index (κ1) is 14.6. The van der Waals surface area contributed by atoms with Crippen molar-refractivity contribution in [3.63, 3.8) is 0 Å². The summed E-state index contributed by atoms with van der Waals surface area (Å²) < 4.78 is 9.17. The average molecular weight is 230 g/mol. The summed E-state index contributed by atoms with van der Waals surface area (Å²) in [6.07, 6.45) is 2.63. The second-order valence-electron chi connectivity index (χ2n) is 3.39. The molecule has 0 N–H and O–H groups in total. The van der Waals surface area contributed by atoms with E-state index in [0.717, 1.165) is 12.8 Å². The Kier molecular flexibility index (Phi) is 8.11. The van der Waals surface area contributed by atoms with Gasteiger partial charge in [0.1, 0.15) is 0 Å². The third-order valence-corrected chi connectivity index (χ3v) is 1.78. The van der Waals surface area contributed by atoms with Gasteiger partial charge >= 0.3 is 17.9 Å². The molecule has 0 amide bonds. The van der Waals surface area contributed by atoms with Crippen LogP contribution in [0, 0.1) is 0 Å². The highest BCUT2D eigenvalue weighted by Gasteiger charge is 2.06. The van der Waals surface area contributed by atoms with E-state index in [1.54, 1.807) is 0 Å². The van der Waals surface area contributed by atoms with Crippen LogP contribution in [0.25, 0.3) is 0 Å². The molecule has 0 aromatic rings. The van der Waals surface area contributed by atoms with Crippen LogP contribution in [0.1, 0.15) is 46.0 Å². The highest BCUT2D eigenvalue weighted by atomic mass is 16.6. The number of ether oxygens (including phenoxy) is 2. The molecule has 92 valence electrons. The summed E-state index contributed by atoms with van der Waals surface area (Å²) >= 11 is 0. The number of unbranched alkanes of at least 4 members (excludes halogenated alkanes) is 1. The van der Waals surface area contributed by atoms with E-state index in [4.69, 9.17) is 4.74 Å². The lowest BCUT2D eigenvalue weighted by Gasteiger charge is -2.03. The molecule has 0 aromatic carbocycles. The van der Waals surface area contributed by atoms with E-state index in [-0.39, 0.29) is 19.0 Å². The number of hydrogen-bond donors (Lipinski definition) is 0. The Hall–Kier alpha value is -1.39. The van der Waals surface area contributed by atoms with Gasteiger partial charge in [-0.2, -0.15) is 0 Å². The van der Waals surface area contributed by atoms with Crippen LogP contribution in [-0.4, -0.2) is 24.5 Å². The van der Waals surface area contributed by atoms with Crippen LogP contribution in [0.4, 0.5) is 0 Å². The van der Waals surface area contributed by atoms with Gasteiger partial charge in [0.25, 0.3) is 0 Å². The largest absolute Gasteiger partial charge is 0.466 e. The highest BCUT2D eigenvalue weighted by Crippen LogP contribution is 1.99. The summed E-state index contributed by atoms with van der Waals surface area (Å²) in [5, 5.41) is 0. The SMILES string of the molecule is CCCCC(=O)OCCCC(=O)OC(C)=O. The molecule has 16 heavy (non-hydrogen) atoms. The Balaban J connectivity index is 3.42. The van der Waals surface area contributed by atoms with Gasteiger partial charge in [-0.05, 0) is 12.8 Å². The molecule has 0 heterocycles. The van der Waals surface area contributed by atoms with Crippen LogP contribution >= 0.6 is 0 Å². The Morgan fingerprint density at radius 3 is 2.19 bits per heavy atom. The van der Waals surface area contributed by atoms with E-state index >= 15 is 0 Å². The van der Waals surface area contributed by atoms with E-state index in [1.165, 1.54) is 6.92 Å². The van der Waals surface area contributed by atoms with Gasteiger partial charge in [-0.3, -0.25) is 14.4 Å². The van der Waals surface area contributed by atoms with Crippen LogP contribution < -0.4 is 0 Å². The third kappa shape index (κ3) is 9.18. The van der Waals surface area contributed by atoms with Gasteiger partial charge in [-0.1, -0.05) is 13.3 Å². The molecule has 0 atom stereocenters. The van der Waals surface area contributed by atoms with Crippen molar-refractivity contribution in [2.45, 2.75) is 46.0 Å². The minimum Gasteiger partial charge on any atom is -0.466 e. The molecule has 0 saturated heterocycles. The molecule has 0 saturated carbocycles. The first-order chi connectivity index (χ1) is 7.56. The minimum atomic E-state index is -0.620. The van der Waals surface area contributed by atoms with E-state index in [2.05, 4.69) is 4.74 Å². The maximum absolute atomic E-state index is 11.0. The van der Waals surface area contributed by atoms with Gasteiger partial charge in [-0.15, -0.1) is 0 Å². The third-order valence-electron chi connectivity index (χ3n) is 1.78. The maximum atomic E-state index is 11.0. The Morgan fingerprint density at radius 1 is 1.00 bits per heavy atom. The number of carbonyl (C=O) groups excluding carboxylic acids is 3. The standard InChI is InChI=1S/C11H18O5/c1-3-4-6-10(13)15-8-5-7-11(14)16-9(2)12/h3-8H2,1-2H3. The van der Waals surface area contributed by atoms with Crippen molar-refractivity contribution in [2.24, 2.45) is 0 Å². The molecule has 0 rings (SSSR count). The fourth-order valence-corrected chi connectivity index (χ4v) is 1.01. The minimum absolute atomic E-state index is 0.0840. The zero-order valence-corrected chi connectivity index (χ0v) is 9.78. The van der Waals surface area contributed by atoms with Crippen LogP contribution in [0.15, 0.2) is 0 Å².